The van der Waals surface area contributed by atoms with Crippen LogP contribution in [0.3, 0.4) is 0 Å². The lowest BCUT2D eigenvalue weighted by Gasteiger charge is -2.11. The van der Waals surface area contributed by atoms with Crippen LogP contribution in [0.4, 0.5) is 10.2 Å². The molecule has 5 rings (SSSR count). The summed E-state index contributed by atoms with van der Waals surface area (Å²) in [7, 11) is 0. The Balaban J connectivity index is 1.46. The lowest BCUT2D eigenvalue weighted by Crippen LogP contribution is -2.23. The van der Waals surface area contributed by atoms with Crippen LogP contribution in [0.25, 0.3) is 16.9 Å². The topological polar surface area (TPSA) is 115 Å². The summed E-state index contributed by atoms with van der Waals surface area (Å²) in [6, 6.07) is 17.8. The van der Waals surface area contributed by atoms with Gasteiger partial charge in [0.2, 0.25) is 0 Å². The minimum atomic E-state index is -0.618. The third-order valence-corrected chi connectivity index (χ3v) is 5.65. The summed E-state index contributed by atoms with van der Waals surface area (Å²) >= 11 is 6.23. The van der Waals surface area contributed by atoms with Gasteiger partial charge in [0.15, 0.2) is 12.1 Å². The predicted octanol–water partition coefficient (Wildman–Crippen LogP) is 4.90. The van der Waals surface area contributed by atoms with Gasteiger partial charge in [-0.3, -0.25) is 14.6 Å². The molecule has 2 N–H and O–H groups in total. The zero-order valence-electron chi connectivity index (χ0n) is 19.1. The third kappa shape index (κ3) is 5.24. The Labute approximate surface area is 214 Å². The Morgan fingerprint density at radius 2 is 1.84 bits per heavy atom. The standard InChI is InChI=1S/C26H18ClFN6O3/c27-20-11-21(28)19(22-8-4-5-9-30-22)10-18(20)25(35)32-24-12-23(26(36)31-14-17-13-29-15-37-17)33-34(24)16-6-2-1-3-7-16/h1-13,15H,14H2,(H,31,36)(H,32,35). The van der Waals surface area contributed by atoms with Crippen LogP contribution in [0.15, 0.2) is 89.9 Å². The van der Waals surface area contributed by atoms with E-state index in [1.165, 1.54) is 35.6 Å². The molecular weight excluding hydrogens is 499 g/mol. The highest BCUT2D eigenvalue weighted by Gasteiger charge is 2.21. The van der Waals surface area contributed by atoms with Crippen molar-refractivity contribution in [1.82, 2.24) is 25.1 Å². The lowest BCUT2D eigenvalue weighted by atomic mass is 10.1. The number of hydrogen-bond donors (Lipinski definition) is 2. The van der Waals surface area contributed by atoms with Crippen molar-refractivity contribution < 1.29 is 18.4 Å². The number of pyridine rings is 1. The fraction of sp³-hybridized carbons (Fsp3) is 0.0385. The number of aromatic nitrogens is 4. The molecule has 37 heavy (non-hydrogen) atoms. The van der Waals surface area contributed by atoms with Gasteiger partial charge in [0.25, 0.3) is 11.8 Å². The number of oxazole rings is 1. The molecule has 0 saturated heterocycles. The Morgan fingerprint density at radius 3 is 2.57 bits per heavy atom. The Bertz CT molecular complexity index is 1560. The molecule has 0 radical (unpaired) electrons. The summed E-state index contributed by atoms with van der Waals surface area (Å²) in [5, 5.41) is 9.71. The average molecular weight is 517 g/mol. The second-order valence-corrected chi connectivity index (χ2v) is 8.20. The summed E-state index contributed by atoms with van der Waals surface area (Å²) in [6.45, 7) is 0.111. The van der Waals surface area contributed by atoms with Crippen molar-refractivity contribution in [1.29, 1.82) is 0 Å². The molecule has 184 valence electrons. The van der Waals surface area contributed by atoms with Crippen molar-refractivity contribution in [3.8, 4) is 16.9 Å². The van der Waals surface area contributed by atoms with Crippen LogP contribution in [0.1, 0.15) is 26.6 Å². The molecule has 2 amide bonds. The van der Waals surface area contributed by atoms with Crippen LogP contribution in [-0.2, 0) is 6.54 Å². The zero-order chi connectivity index (χ0) is 25.8. The second kappa shape index (κ2) is 10.4. The number of nitrogens with one attached hydrogen (secondary N) is 2. The smallest absolute Gasteiger partial charge is 0.272 e. The van der Waals surface area contributed by atoms with Crippen molar-refractivity contribution in [2.75, 3.05) is 5.32 Å². The van der Waals surface area contributed by atoms with Gasteiger partial charge in [0, 0.05) is 17.8 Å². The van der Waals surface area contributed by atoms with Crippen molar-refractivity contribution in [2.45, 2.75) is 6.54 Å². The first-order valence-electron chi connectivity index (χ1n) is 11.0. The molecule has 5 aromatic rings. The first-order chi connectivity index (χ1) is 18.0. The predicted molar refractivity (Wildman–Crippen MR) is 134 cm³/mol. The number of anilines is 1. The van der Waals surface area contributed by atoms with Gasteiger partial charge in [0.1, 0.15) is 17.4 Å². The molecule has 0 spiro atoms. The molecule has 0 unspecified atom stereocenters. The van der Waals surface area contributed by atoms with Crippen LogP contribution >= 0.6 is 11.6 Å². The summed E-state index contributed by atoms with van der Waals surface area (Å²) in [5.41, 5.74) is 1.16. The summed E-state index contributed by atoms with van der Waals surface area (Å²) in [4.78, 5) is 34.0. The summed E-state index contributed by atoms with van der Waals surface area (Å²) in [5.74, 6) is -1.04. The summed E-state index contributed by atoms with van der Waals surface area (Å²) in [6.07, 6.45) is 4.27. The molecule has 3 aromatic heterocycles. The quantitative estimate of drug-likeness (QED) is 0.318. The summed E-state index contributed by atoms with van der Waals surface area (Å²) < 4.78 is 21.2. The maximum Gasteiger partial charge on any atom is 0.272 e. The van der Waals surface area contributed by atoms with E-state index in [0.29, 0.717) is 17.1 Å². The molecule has 0 bridgehead atoms. The number of para-hydroxylation sites is 1. The molecule has 0 aliphatic heterocycles. The monoisotopic (exact) mass is 516 g/mol. The average Bonchev–Trinajstić information content (AvgIpc) is 3.59. The number of amides is 2. The molecular formula is C26H18ClFN6O3. The first kappa shape index (κ1) is 23.9. The maximum atomic E-state index is 14.6. The number of halogens is 2. The van der Waals surface area contributed by atoms with Crippen molar-refractivity contribution in [3.63, 3.8) is 0 Å². The van der Waals surface area contributed by atoms with Crippen LogP contribution in [0.2, 0.25) is 5.02 Å². The van der Waals surface area contributed by atoms with Crippen LogP contribution in [0.5, 0.6) is 0 Å². The van der Waals surface area contributed by atoms with E-state index in [1.54, 1.807) is 42.5 Å². The number of carbonyl (C=O) groups excluding carboxylic acids is 2. The second-order valence-electron chi connectivity index (χ2n) is 7.79. The van der Waals surface area contributed by atoms with E-state index in [-0.39, 0.29) is 34.2 Å². The van der Waals surface area contributed by atoms with Crippen molar-refractivity contribution in [2.24, 2.45) is 0 Å². The van der Waals surface area contributed by atoms with Crippen LogP contribution < -0.4 is 10.6 Å². The molecule has 0 atom stereocenters. The van der Waals surface area contributed by atoms with Gasteiger partial charge < -0.3 is 15.1 Å². The van der Waals surface area contributed by atoms with Crippen molar-refractivity contribution >= 4 is 29.2 Å². The highest BCUT2D eigenvalue weighted by atomic mass is 35.5. The van der Waals surface area contributed by atoms with Gasteiger partial charge in [-0.25, -0.2) is 14.1 Å². The van der Waals surface area contributed by atoms with E-state index < -0.39 is 17.6 Å². The van der Waals surface area contributed by atoms with Gasteiger partial charge >= 0.3 is 0 Å². The SMILES string of the molecule is O=C(NCc1cnco1)c1cc(NC(=O)c2cc(-c3ccccn3)c(F)cc2Cl)n(-c2ccccc2)n1. The zero-order valence-corrected chi connectivity index (χ0v) is 19.8. The largest absolute Gasteiger partial charge is 0.447 e. The minimum absolute atomic E-state index is 0.0286. The normalized spacial score (nSPS) is 10.8. The fourth-order valence-corrected chi connectivity index (χ4v) is 3.80. The van der Waals surface area contributed by atoms with Gasteiger partial charge in [-0.1, -0.05) is 35.9 Å². The Morgan fingerprint density at radius 1 is 1.03 bits per heavy atom. The van der Waals surface area contributed by atoms with Crippen LogP contribution in [0, 0.1) is 5.82 Å². The van der Waals surface area contributed by atoms with E-state index in [4.69, 9.17) is 16.0 Å². The van der Waals surface area contributed by atoms with Gasteiger partial charge in [-0.2, -0.15) is 5.10 Å². The molecule has 9 nitrogen and oxygen atoms in total. The van der Waals surface area contributed by atoms with E-state index in [2.05, 4.69) is 25.7 Å². The number of benzene rings is 2. The van der Waals surface area contributed by atoms with Gasteiger partial charge in [0.05, 0.1) is 34.7 Å². The number of carbonyl (C=O) groups is 2. The first-order valence-corrected chi connectivity index (χ1v) is 11.4. The number of nitrogens with zero attached hydrogens (tertiary/aromatic N) is 4. The molecule has 11 heteroatoms. The molecule has 0 aliphatic rings. The molecule has 2 aromatic carbocycles. The Hall–Kier alpha value is -4.83. The minimum Gasteiger partial charge on any atom is -0.447 e. The molecule has 0 saturated carbocycles. The number of hydrogen-bond acceptors (Lipinski definition) is 6. The van der Waals surface area contributed by atoms with Gasteiger partial charge in [-0.15, -0.1) is 0 Å². The molecule has 3 heterocycles. The van der Waals surface area contributed by atoms with E-state index >= 15 is 0 Å². The molecule has 0 aliphatic carbocycles. The fourth-order valence-electron chi connectivity index (χ4n) is 3.56. The third-order valence-electron chi connectivity index (χ3n) is 5.33. The molecule has 0 fully saturated rings. The Kier molecular flexibility index (Phi) is 6.73. The lowest BCUT2D eigenvalue weighted by molar-refractivity contribution is 0.0941. The number of rotatable bonds is 7. The van der Waals surface area contributed by atoms with E-state index in [0.717, 1.165) is 6.07 Å². The highest BCUT2D eigenvalue weighted by Crippen LogP contribution is 2.28. The van der Waals surface area contributed by atoms with Crippen LogP contribution in [-0.4, -0.2) is 31.6 Å². The van der Waals surface area contributed by atoms with Crippen molar-refractivity contribution in [3.05, 3.63) is 113 Å². The van der Waals surface area contributed by atoms with E-state index in [1.807, 2.05) is 6.07 Å². The maximum absolute atomic E-state index is 14.6. The van der Waals surface area contributed by atoms with Gasteiger partial charge in [-0.05, 0) is 36.4 Å². The highest BCUT2D eigenvalue weighted by molar-refractivity contribution is 6.34. The van der Waals surface area contributed by atoms with E-state index in [9.17, 15) is 14.0 Å².